The first-order chi connectivity index (χ1) is 11.6. The Hall–Kier alpha value is -2.13. The lowest BCUT2D eigenvalue weighted by atomic mass is 10.1. The van der Waals surface area contributed by atoms with Crippen molar-refractivity contribution in [2.45, 2.75) is 13.5 Å². The van der Waals surface area contributed by atoms with Crippen LogP contribution in [0.25, 0.3) is 22.9 Å². The number of halogens is 2. The molecule has 7 heteroatoms. The second-order valence-electron chi connectivity index (χ2n) is 4.96. The minimum atomic E-state index is 0.493. The van der Waals surface area contributed by atoms with Gasteiger partial charge in [0.05, 0.1) is 22.5 Å². The molecule has 1 aromatic carbocycles. The van der Waals surface area contributed by atoms with Crippen LogP contribution in [0.2, 0.25) is 10.0 Å². The van der Waals surface area contributed by atoms with Crippen molar-refractivity contribution in [3.63, 3.8) is 0 Å². The van der Waals surface area contributed by atoms with Crippen LogP contribution in [0.3, 0.4) is 0 Å². The third-order valence-corrected chi connectivity index (χ3v) is 4.77. The van der Waals surface area contributed by atoms with Crippen molar-refractivity contribution in [1.82, 2.24) is 14.8 Å². The van der Waals surface area contributed by atoms with E-state index in [1.807, 2.05) is 29.2 Å². The molecule has 0 spiro atoms. The van der Waals surface area contributed by atoms with Crippen LogP contribution < -0.4 is 0 Å². The lowest BCUT2D eigenvalue weighted by molar-refractivity contribution is 0.660. The molecular formula is C17H12Cl2N4S. The number of hydrogen-bond donors (Lipinski definition) is 0. The van der Waals surface area contributed by atoms with Crippen molar-refractivity contribution in [3.05, 3.63) is 56.6 Å². The number of nitrogens with zero attached hydrogens (tertiary/aromatic N) is 4. The number of hydrogen-bond acceptors (Lipinski definition) is 4. The highest BCUT2D eigenvalue weighted by molar-refractivity contribution is 7.11. The topological polar surface area (TPSA) is 54.5 Å². The van der Waals surface area contributed by atoms with Gasteiger partial charge < -0.3 is 0 Å². The summed E-state index contributed by atoms with van der Waals surface area (Å²) in [6, 6.07) is 7.47. The number of thiazole rings is 1. The van der Waals surface area contributed by atoms with Gasteiger partial charge in [0, 0.05) is 34.3 Å². The molecule has 0 unspecified atom stereocenters. The number of allylic oxidation sites excluding steroid dienone is 1. The Morgan fingerprint density at radius 1 is 1.42 bits per heavy atom. The molecule has 0 radical (unpaired) electrons. The summed E-state index contributed by atoms with van der Waals surface area (Å²) in [5, 5.41) is 17.3. The SMILES string of the molecule is CCn1cc(/C=C(/C#N)c2nc(-c3ccc(Cl)cc3Cl)cs2)cn1. The van der Waals surface area contributed by atoms with E-state index < -0.39 is 0 Å². The van der Waals surface area contributed by atoms with E-state index in [2.05, 4.69) is 16.2 Å². The molecule has 24 heavy (non-hydrogen) atoms. The normalized spacial score (nSPS) is 11.5. The fourth-order valence-corrected chi connectivity index (χ4v) is 3.44. The highest BCUT2D eigenvalue weighted by Gasteiger charge is 2.12. The summed E-state index contributed by atoms with van der Waals surface area (Å²) < 4.78 is 1.81. The molecule has 0 aliphatic rings. The Kier molecular flexibility index (Phi) is 5.00. The average Bonchev–Trinajstić information content (AvgIpc) is 3.21. The number of nitriles is 1. The summed E-state index contributed by atoms with van der Waals surface area (Å²) in [5.41, 5.74) is 2.88. The predicted molar refractivity (Wildman–Crippen MR) is 99.0 cm³/mol. The molecule has 0 atom stereocenters. The summed E-state index contributed by atoms with van der Waals surface area (Å²) in [5.74, 6) is 0. The number of aryl methyl sites for hydroxylation is 1. The maximum Gasteiger partial charge on any atom is 0.134 e. The van der Waals surface area contributed by atoms with Gasteiger partial charge in [0.25, 0.3) is 0 Å². The molecule has 3 aromatic rings. The van der Waals surface area contributed by atoms with Crippen LogP contribution in [0.1, 0.15) is 17.5 Å². The van der Waals surface area contributed by atoms with Crippen LogP contribution in [0.4, 0.5) is 0 Å². The van der Waals surface area contributed by atoms with Crippen LogP contribution in [0.15, 0.2) is 36.0 Å². The van der Waals surface area contributed by atoms with E-state index in [0.717, 1.165) is 23.4 Å². The number of aromatic nitrogens is 3. The molecule has 2 heterocycles. The molecular weight excluding hydrogens is 363 g/mol. The van der Waals surface area contributed by atoms with E-state index in [9.17, 15) is 5.26 Å². The summed E-state index contributed by atoms with van der Waals surface area (Å²) in [6.07, 6.45) is 5.40. The predicted octanol–water partition coefficient (Wildman–Crippen LogP) is 5.40. The van der Waals surface area contributed by atoms with Gasteiger partial charge in [0.1, 0.15) is 11.1 Å². The first-order valence-corrected chi connectivity index (χ1v) is 8.80. The minimum absolute atomic E-state index is 0.493. The van der Waals surface area contributed by atoms with Crippen LogP contribution in [0, 0.1) is 11.3 Å². The van der Waals surface area contributed by atoms with Gasteiger partial charge in [-0.3, -0.25) is 4.68 Å². The molecule has 0 saturated heterocycles. The maximum absolute atomic E-state index is 9.45. The summed E-state index contributed by atoms with van der Waals surface area (Å²) in [7, 11) is 0. The van der Waals surface area contributed by atoms with Crippen molar-refractivity contribution >= 4 is 46.2 Å². The van der Waals surface area contributed by atoms with Crippen molar-refractivity contribution in [2.75, 3.05) is 0 Å². The molecule has 120 valence electrons. The van der Waals surface area contributed by atoms with Gasteiger partial charge in [0.2, 0.25) is 0 Å². The number of rotatable bonds is 4. The summed E-state index contributed by atoms with van der Waals surface area (Å²) in [4.78, 5) is 4.54. The van der Waals surface area contributed by atoms with Crippen LogP contribution in [-0.2, 0) is 6.54 Å². The summed E-state index contributed by atoms with van der Waals surface area (Å²) >= 11 is 13.6. The Morgan fingerprint density at radius 2 is 2.25 bits per heavy atom. The van der Waals surface area contributed by atoms with E-state index in [0.29, 0.717) is 20.6 Å². The van der Waals surface area contributed by atoms with Crippen molar-refractivity contribution < 1.29 is 0 Å². The van der Waals surface area contributed by atoms with Gasteiger partial charge >= 0.3 is 0 Å². The molecule has 0 N–H and O–H groups in total. The zero-order chi connectivity index (χ0) is 17.1. The molecule has 0 aliphatic heterocycles. The molecule has 0 saturated carbocycles. The van der Waals surface area contributed by atoms with Gasteiger partial charge in [-0.05, 0) is 31.2 Å². The molecule has 2 aromatic heterocycles. The lowest BCUT2D eigenvalue weighted by Gasteiger charge is -2.00. The van der Waals surface area contributed by atoms with Crippen LogP contribution in [-0.4, -0.2) is 14.8 Å². The number of benzene rings is 1. The fourth-order valence-electron chi connectivity index (χ4n) is 2.15. The molecule has 0 bridgehead atoms. The highest BCUT2D eigenvalue weighted by atomic mass is 35.5. The van der Waals surface area contributed by atoms with Gasteiger partial charge in [-0.15, -0.1) is 11.3 Å². The highest BCUT2D eigenvalue weighted by Crippen LogP contribution is 2.32. The smallest absolute Gasteiger partial charge is 0.134 e. The van der Waals surface area contributed by atoms with E-state index >= 15 is 0 Å². The van der Waals surface area contributed by atoms with Gasteiger partial charge in [-0.1, -0.05) is 23.2 Å². The Bertz CT molecular complexity index is 950. The third-order valence-electron chi connectivity index (χ3n) is 3.35. The molecule has 0 amide bonds. The first-order valence-electron chi connectivity index (χ1n) is 7.16. The summed E-state index contributed by atoms with van der Waals surface area (Å²) in [6.45, 7) is 2.79. The van der Waals surface area contributed by atoms with Gasteiger partial charge in [-0.2, -0.15) is 10.4 Å². The minimum Gasteiger partial charge on any atom is -0.272 e. The van der Waals surface area contributed by atoms with Gasteiger partial charge in [-0.25, -0.2) is 4.98 Å². The van der Waals surface area contributed by atoms with Crippen LogP contribution >= 0.6 is 34.5 Å². The fraction of sp³-hybridized carbons (Fsp3) is 0.118. The molecule has 0 aliphatic carbocycles. The van der Waals surface area contributed by atoms with Crippen molar-refractivity contribution in [2.24, 2.45) is 0 Å². The van der Waals surface area contributed by atoms with E-state index in [-0.39, 0.29) is 0 Å². The van der Waals surface area contributed by atoms with E-state index in [1.165, 1.54) is 11.3 Å². The lowest BCUT2D eigenvalue weighted by Crippen LogP contribution is -1.91. The van der Waals surface area contributed by atoms with Crippen molar-refractivity contribution in [1.29, 1.82) is 5.26 Å². The quantitative estimate of drug-likeness (QED) is 0.574. The second-order valence-corrected chi connectivity index (χ2v) is 6.66. The van der Waals surface area contributed by atoms with Crippen molar-refractivity contribution in [3.8, 4) is 17.3 Å². The Balaban J connectivity index is 1.94. The molecule has 0 fully saturated rings. The van der Waals surface area contributed by atoms with E-state index in [1.54, 1.807) is 24.4 Å². The Labute approximate surface area is 153 Å². The van der Waals surface area contributed by atoms with Crippen LogP contribution in [0.5, 0.6) is 0 Å². The third kappa shape index (κ3) is 3.51. The largest absolute Gasteiger partial charge is 0.272 e. The zero-order valence-corrected chi connectivity index (χ0v) is 15.0. The van der Waals surface area contributed by atoms with Gasteiger partial charge in [0.15, 0.2) is 0 Å². The monoisotopic (exact) mass is 374 g/mol. The Morgan fingerprint density at radius 3 is 2.92 bits per heavy atom. The zero-order valence-electron chi connectivity index (χ0n) is 12.7. The average molecular weight is 375 g/mol. The molecule has 4 nitrogen and oxygen atoms in total. The second kappa shape index (κ2) is 7.18. The maximum atomic E-state index is 9.45. The molecule has 3 rings (SSSR count). The first kappa shape index (κ1) is 16.7. The standard InChI is InChI=1S/C17H12Cl2N4S/c1-2-23-9-11(8-21-23)5-12(7-20)17-22-16(10-24-17)14-4-3-13(18)6-15(14)19/h3-6,8-10H,2H2,1H3/b12-5-. The van der Waals surface area contributed by atoms with E-state index in [4.69, 9.17) is 23.2 Å².